The predicted octanol–water partition coefficient (Wildman–Crippen LogP) is 7.83. The largest absolute Gasteiger partial charge is 0.226 e. The molecule has 0 bridgehead atoms. The zero-order valence-electron chi connectivity index (χ0n) is 17.6. The van der Waals surface area contributed by atoms with E-state index in [4.69, 9.17) is 16.6 Å². The van der Waals surface area contributed by atoms with Crippen LogP contribution in [0.15, 0.2) is 109 Å². The summed E-state index contributed by atoms with van der Waals surface area (Å²) in [6, 6.07) is 37.4. The highest BCUT2D eigenvalue weighted by Crippen LogP contribution is 2.36. The maximum Gasteiger partial charge on any atom is 0.226 e. The predicted molar refractivity (Wildman–Crippen MR) is 136 cm³/mol. The maximum atomic E-state index is 6.29. The first kappa shape index (κ1) is 19.6. The summed E-state index contributed by atoms with van der Waals surface area (Å²) in [7, 11) is 0. The SMILES string of the molecule is Clc1nc(-c2ccccc2)nc(-c2cccc(-c3cc4ccccc4c4ccccc34)c2)n1. The molecule has 0 spiro atoms. The van der Waals surface area contributed by atoms with Gasteiger partial charge in [-0.2, -0.15) is 9.97 Å². The molecule has 0 saturated heterocycles. The number of nitrogens with zero attached hydrogens (tertiary/aromatic N) is 3. The van der Waals surface area contributed by atoms with E-state index in [1.807, 2.05) is 42.5 Å². The second-order valence-corrected chi connectivity index (χ2v) is 8.23. The van der Waals surface area contributed by atoms with E-state index in [0.29, 0.717) is 11.6 Å². The molecule has 0 atom stereocenters. The van der Waals surface area contributed by atoms with E-state index >= 15 is 0 Å². The Balaban J connectivity index is 1.53. The third kappa shape index (κ3) is 3.63. The Morgan fingerprint density at radius 3 is 1.88 bits per heavy atom. The van der Waals surface area contributed by atoms with Gasteiger partial charge < -0.3 is 0 Å². The summed E-state index contributed by atoms with van der Waals surface area (Å²) >= 11 is 6.29. The van der Waals surface area contributed by atoms with E-state index in [-0.39, 0.29) is 5.28 Å². The second-order valence-electron chi connectivity index (χ2n) is 7.89. The Morgan fingerprint density at radius 1 is 0.455 bits per heavy atom. The van der Waals surface area contributed by atoms with Crippen LogP contribution in [0.3, 0.4) is 0 Å². The van der Waals surface area contributed by atoms with Crippen molar-refractivity contribution in [3.63, 3.8) is 0 Å². The van der Waals surface area contributed by atoms with Crippen molar-refractivity contribution < 1.29 is 0 Å². The number of aromatic nitrogens is 3. The topological polar surface area (TPSA) is 38.7 Å². The van der Waals surface area contributed by atoms with Gasteiger partial charge in [0.15, 0.2) is 11.6 Å². The molecule has 1 heterocycles. The fourth-order valence-electron chi connectivity index (χ4n) is 4.31. The third-order valence-corrected chi connectivity index (χ3v) is 6.01. The Hall–Kier alpha value is -4.08. The molecular weight excluding hydrogens is 426 g/mol. The molecule has 6 aromatic rings. The Bertz CT molecular complexity index is 1630. The number of rotatable bonds is 3. The maximum absolute atomic E-state index is 6.29. The molecule has 0 fully saturated rings. The second kappa shape index (κ2) is 8.12. The first-order valence-corrected chi connectivity index (χ1v) is 11.1. The van der Waals surface area contributed by atoms with E-state index in [1.165, 1.54) is 27.1 Å². The normalized spacial score (nSPS) is 11.2. The molecule has 4 heteroatoms. The van der Waals surface area contributed by atoms with Crippen molar-refractivity contribution >= 4 is 33.1 Å². The summed E-state index contributed by atoms with van der Waals surface area (Å²) in [6.45, 7) is 0. The number of fused-ring (bicyclic) bond motifs is 3. The van der Waals surface area contributed by atoms with Gasteiger partial charge in [0, 0.05) is 11.1 Å². The molecule has 0 aliphatic rings. The molecule has 5 aromatic carbocycles. The first-order chi connectivity index (χ1) is 16.3. The van der Waals surface area contributed by atoms with Gasteiger partial charge in [-0.1, -0.05) is 97.1 Å². The molecule has 0 unspecified atom stereocenters. The highest BCUT2D eigenvalue weighted by molar-refractivity contribution is 6.28. The minimum atomic E-state index is 0.181. The van der Waals surface area contributed by atoms with E-state index in [9.17, 15) is 0 Å². The van der Waals surface area contributed by atoms with Gasteiger partial charge in [-0.3, -0.25) is 0 Å². The average molecular weight is 444 g/mol. The summed E-state index contributed by atoms with van der Waals surface area (Å²) in [5.41, 5.74) is 4.08. The van der Waals surface area contributed by atoms with Crippen LogP contribution in [0.4, 0.5) is 0 Å². The van der Waals surface area contributed by atoms with E-state index in [0.717, 1.165) is 16.7 Å². The van der Waals surface area contributed by atoms with Gasteiger partial charge in [-0.15, -0.1) is 0 Å². The first-order valence-electron chi connectivity index (χ1n) is 10.7. The van der Waals surface area contributed by atoms with Gasteiger partial charge in [0.2, 0.25) is 5.28 Å². The lowest BCUT2D eigenvalue weighted by Crippen LogP contribution is -1.97. The van der Waals surface area contributed by atoms with Gasteiger partial charge in [-0.25, -0.2) is 4.98 Å². The quantitative estimate of drug-likeness (QED) is 0.261. The molecule has 156 valence electrons. The summed E-state index contributed by atoms with van der Waals surface area (Å²) in [6.07, 6.45) is 0. The van der Waals surface area contributed by atoms with Crippen molar-refractivity contribution in [2.24, 2.45) is 0 Å². The zero-order chi connectivity index (χ0) is 22.2. The lowest BCUT2D eigenvalue weighted by atomic mass is 9.92. The van der Waals surface area contributed by atoms with Gasteiger partial charge in [-0.05, 0) is 56.4 Å². The van der Waals surface area contributed by atoms with Crippen LogP contribution in [0.5, 0.6) is 0 Å². The summed E-state index contributed by atoms with van der Waals surface area (Å²) in [5.74, 6) is 1.12. The minimum Gasteiger partial charge on any atom is -0.208 e. The monoisotopic (exact) mass is 443 g/mol. The molecule has 0 aliphatic carbocycles. The number of halogens is 1. The van der Waals surface area contributed by atoms with Crippen LogP contribution in [-0.2, 0) is 0 Å². The number of hydrogen-bond donors (Lipinski definition) is 0. The van der Waals surface area contributed by atoms with Crippen LogP contribution in [0.1, 0.15) is 0 Å². The van der Waals surface area contributed by atoms with Crippen molar-refractivity contribution in [2.45, 2.75) is 0 Å². The number of benzene rings is 5. The Kier molecular flexibility index (Phi) is 4.82. The van der Waals surface area contributed by atoms with Crippen LogP contribution in [0.2, 0.25) is 5.28 Å². The lowest BCUT2D eigenvalue weighted by molar-refractivity contribution is 1.07. The third-order valence-electron chi connectivity index (χ3n) is 5.84. The average Bonchev–Trinajstić information content (AvgIpc) is 2.88. The summed E-state index contributed by atoms with van der Waals surface area (Å²) in [4.78, 5) is 13.5. The number of hydrogen-bond acceptors (Lipinski definition) is 3. The van der Waals surface area contributed by atoms with Crippen molar-refractivity contribution in [1.29, 1.82) is 0 Å². The molecule has 0 aliphatic heterocycles. The van der Waals surface area contributed by atoms with Crippen molar-refractivity contribution in [3.8, 4) is 33.9 Å². The standard InChI is InChI=1S/C29H18ClN3/c30-29-32-27(19-9-2-1-3-10-19)31-28(33-29)22-13-8-12-20(17-22)26-18-21-11-4-5-14-23(21)24-15-6-7-16-25(24)26/h1-18H. The van der Waals surface area contributed by atoms with Crippen LogP contribution in [0.25, 0.3) is 55.4 Å². The van der Waals surface area contributed by atoms with Crippen LogP contribution < -0.4 is 0 Å². The molecule has 0 amide bonds. The lowest BCUT2D eigenvalue weighted by Gasteiger charge is -2.12. The van der Waals surface area contributed by atoms with E-state index in [2.05, 4.69) is 76.7 Å². The fourth-order valence-corrected chi connectivity index (χ4v) is 4.47. The summed E-state index contributed by atoms with van der Waals surface area (Å²) in [5, 5.41) is 5.11. The molecule has 0 saturated carbocycles. The molecule has 6 rings (SSSR count). The minimum absolute atomic E-state index is 0.181. The molecule has 33 heavy (non-hydrogen) atoms. The van der Waals surface area contributed by atoms with Gasteiger partial charge >= 0.3 is 0 Å². The Labute approximate surface area is 196 Å². The fraction of sp³-hybridized carbons (Fsp3) is 0. The molecular formula is C29H18ClN3. The highest BCUT2D eigenvalue weighted by Gasteiger charge is 2.12. The van der Waals surface area contributed by atoms with Gasteiger partial charge in [0.1, 0.15) is 0 Å². The smallest absolute Gasteiger partial charge is 0.208 e. The molecule has 0 radical (unpaired) electrons. The molecule has 3 nitrogen and oxygen atoms in total. The summed E-state index contributed by atoms with van der Waals surface area (Å²) < 4.78 is 0. The van der Waals surface area contributed by atoms with Crippen LogP contribution >= 0.6 is 11.6 Å². The molecule has 0 N–H and O–H groups in total. The van der Waals surface area contributed by atoms with Crippen LogP contribution in [-0.4, -0.2) is 15.0 Å². The van der Waals surface area contributed by atoms with Crippen molar-refractivity contribution in [3.05, 3.63) is 114 Å². The van der Waals surface area contributed by atoms with E-state index < -0.39 is 0 Å². The van der Waals surface area contributed by atoms with E-state index in [1.54, 1.807) is 0 Å². The van der Waals surface area contributed by atoms with Crippen molar-refractivity contribution in [2.75, 3.05) is 0 Å². The van der Waals surface area contributed by atoms with Gasteiger partial charge in [0.05, 0.1) is 0 Å². The Morgan fingerprint density at radius 2 is 1.06 bits per heavy atom. The molecule has 1 aromatic heterocycles. The zero-order valence-corrected chi connectivity index (χ0v) is 18.4. The highest BCUT2D eigenvalue weighted by atomic mass is 35.5. The van der Waals surface area contributed by atoms with Gasteiger partial charge in [0.25, 0.3) is 0 Å². The van der Waals surface area contributed by atoms with Crippen LogP contribution in [0, 0.1) is 0 Å². The van der Waals surface area contributed by atoms with Crippen molar-refractivity contribution in [1.82, 2.24) is 15.0 Å².